The molecular weight excluding hydrogens is 539 g/mol. The molecule has 40 heavy (non-hydrogen) atoms. The number of methoxy groups -OCH3 is 1. The zero-order valence-corrected chi connectivity index (χ0v) is 23.8. The molecule has 2 atom stereocenters. The number of hydrogen-bond acceptors (Lipinski definition) is 8. The normalized spacial score (nSPS) is 20.3. The van der Waals surface area contributed by atoms with Crippen LogP contribution in [0.5, 0.6) is 5.75 Å². The average Bonchev–Trinajstić information content (AvgIpc) is 3.34. The second-order valence-corrected chi connectivity index (χ2v) is 11.9. The lowest BCUT2D eigenvalue weighted by Gasteiger charge is -2.47. The molecule has 14 heteroatoms. The summed E-state index contributed by atoms with van der Waals surface area (Å²) in [6.07, 6.45) is 4.96. The Hall–Kier alpha value is -4.04. The van der Waals surface area contributed by atoms with Crippen LogP contribution in [0, 0.1) is 11.2 Å². The molecule has 0 unspecified atom stereocenters. The molecule has 4 rings (SSSR count). The fraction of sp³-hybridized carbons (Fsp3) is 0.385. The Morgan fingerprint density at radius 2 is 2.02 bits per heavy atom. The molecule has 12 nitrogen and oxygen atoms in total. The van der Waals surface area contributed by atoms with Crippen molar-refractivity contribution in [3.05, 3.63) is 71.6 Å². The van der Waals surface area contributed by atoms with Crippen LogP contribution in [0.15, 0.2) is 48.9 Å². The average molecular weight is 573 g/mol. The van der Waals surface area contributed by atoms with Gasteiger partial charge in [-0.2, -0.15) is 5.10 Å². The highest BCUT2D eigenvalue weighted by molar-refractivity contribution is 7.90. The predicted octanol–water partition coefficient (Wildman–Crippen LogP) is 2.12. The Balaban J connectivity index is 1.69. The SMILES string of the molecule is CCN(Cc1cnn(C)c1)C[C@H]1[C@@](C)(c2cc(NC(=O)c3ccc(OC)cn3)ccc2F)NC(=N)N(C)S1(=O)=O. The second kappa shape index (κ2) is 11.2. The summed E-state index contributed by atoms with van der Waals surface area (Å²) in [5.74, 6) is -1.11. The number of aromatic nitrogens is 3. The Kier molecular flexibility index (Phi) is 8.12. The molecule has 214 valence electrons. The van der Waals surface area contributed by atoms with Gasteiger partial charge in [-0.25, -0.2) is 22.1 Å². The van der Waals surface area contributed by atoms with Gasteiger partial charge in [-0.1, -0.05) is 6.92 Å². The van der Waals surface area contributed by atoms with Crippen molar-refractivity contribution < 1.29 is 22.3 Å². The van der Waals surface area contributed by atoms with E-state index in [9.17, 15) is 13.2 Å². The summed E-state index contributed by atoms with van der Waals surface area (Å²) in [5.41, 5.74) is -0.292. The molecule has 1 fully saturated rings. The number of guanidine groups is 1. The molecule has 0 bridgehead atoms. The summed E-state index contributed by atoms with van der Waals surface area (Å²) in [7, 11) is 0.485. The van der Waals surface area contributed by atoms with Gasteiger partial charge in [0.2, 0.25) is 16.0 Å². The van der Waals surface area contributed by atoms with E-state index >= 15 is 4.39 Å². The molecule has 0 spiro atoms. The van der Waals surface area contributed by atoms with Crippen molar-refractivity contribution in [3.8, 4) is 5.75 Å². The number of carbonyl (C=O) groups is 1. The monoisotopic (exact) mass is 572 g/mol. The molecule has 1 amide bonds. The summed E-state index contributed by atoms with van der Waals surface area (Å²) >= 11 is 0. The van der Waals surface area contributed by atoms with Gasteiger partial charge in [0.05, 0.1) is 25.0 Å². The summed E-state index contributed by atoms with van der Waals surface area (Å²) in [4.78, 5) is 18.8. The standard InChI is InChI=1S/C26H33FN8O4S/c1-6-35(15-17-12-30-33(3)14-17)16-23-26(2,32-25(28)34(4)40(23,37)38)20-11-18(7-9-21(20)27)31-24(36)22-10-8-19(39-5)13-29-22/h7-14,23H,6,15-16H2,1-5H3,(H2,28,32)(H,31,36)/t23-,26+/m0/s1. The number of carbonyl (C=O) groups excluding carboxylic acids is 1. The number of aryl methyl sites for hydroxylation is 1. The maximum atomic E-state index is 15.5. The van der Waals surface area contributed by atoms with Crippen LogP contribution >= 0.6 is 0 Å². The number of sulfonamides is 1. The van der Waals surface area contributed by atoms with E-state index < -0.39 is 32.5 Å². The highest BCUT2D eigenvalue weighted by Crippen LogP contribution is 2.37. The van der Waals surface area contributed by atoms with Crippen molar-refractivity contribution in [1.29, 1.82) is 5.41 Å². The third-order valence-electron chi connectivity index (χ3n) is 7.10. The zero-order valence-electron chi connectivity index (χ0n) is 23.0. The van der Waals surface area contributed by atoms with Crippen LogP contribution in [0.1, 0.15) is 35.5 Å². The van der Waals surface area contributed by atoms with Crippen molar-refractivity contribution in [1.82, 2.24) is 29.3 Å². The number of benzene rings is 1. The number of nitrogens with zero attached hydrogens (tertiary/aromatic N) is 5. The van der Waals surface area contributed by atoms with Gasteiger partial charge < -0.3 is 15.4 Å². The number of anilines is 1. The van der Waals surface area contributed by atoms with E-state index in [0.717, 1.165) is 15.9 Å². The number of nitrogens with one attached hydrogen (secondary N) is 3. The van der Waals surface area contributed by atoms with E-state index in [1.54, 1.807) is 30.9 Å². The highest BCUT2D eigenvalue weighted by atomic mass is 32.2. The maximum Gasteiger partial charge on any atom is 0.274 e. The number of halogens is 1. The summed E-state index contributed by atoms with van der Waals surface area (Å²) in [6, 6.07) is 7.02. The van der Waals surface area contributed by atoms with Crippen LogP contribution in [0.4, 0.5) is 10.1 Å². The van der Waals surface area contributed by atoms with E-state index in [0.29, 0.717) is 18.8 Å². The zero-order chi connectivity index (χ0) is 29.2. The molecular formula is C26H33FN8O4S. The Bertz CT molecular complexity index is 1510. The lowest BCUT2D eigenvalue weighted by Crippen LogP contribution is -2.68. The highest BCUT2D eigenvalue weighted by Gasteiger charge is 2.53. The molecule has 1 aromatic carbocycles. The van der Waals surface area contributed by atoms with Crippen LogP contribution in [-0.4, -0.2) is 76.8 Å². The van der Waals surface area contributed by atoms with Crippen LogP contribution in [-0.2, 0) is 29.2 Å². The molecule has 1 saturated heterocycles. The van der Waals surface area contributed by atoms with Gasteiger partial charge >= 0.3 is 0 Å². The third-order valence-corrected chi connectivity index (χ3v) is 9.39. The van der Waals surface area contributed by atoms with E-state index in [4.69, 9.17) is 10.1 Å². The first kappa shape index (κ1) is 29.0. The smallest absolute Gasteiger partial charge is 0.274 e. The fourth-order valence-corrected chi connectivity index (χ4v) is 6.58. The van der Waals surface area contributed by atoms with Crippen molar-refractivity contribution >= 4 is 27.6 Å². The molecule has 0 radical (unpaired) electrons. The van der Waals surface area contributed by atoms with Crippen molar-refractivity contribution in [3.63, 3.8) is 0 Å². The molecule has 1 aliphatic heterocycles. The van der Waals surface area contributed by atoms with Crippen LogP contribution in [0.2, 0.25) is 0 Å². The maximum absolute atomic E-state index is 15.5. The number of ether oxygens (including phenoxy) is 1. The molecule has 3 aromatic rings. The topological polar surface area (TPSA) is 146 Å². The molecule has 0 aliphatic carbocycles. The van der Waals surface area contributed by atoms with E-state index in [1.807, 2.05) is 18.0 Å². The van der Waals surface area contributed by atoms with Crippen LogP contribution < -0.4 is 15.4 Å². The largest absolute Gasteiger partial charge is 0.495 e. The van der Waals surface area contributed by atoms with Crippen molar-refractivity contribution in [2.75, 3.05) is 32.6 Å². The van der Waals surface area contributed by atoms with Crippen molar-refractivity contribution in [2.24, 2.45) is 7.05 Å². The van der Waals surface area contributed by atoms with Gasteiger partial charge in [-0.3, -0.25) is 19.8 Å². The van der Waals surface area contributed by atoms with Crippen LogP contribution in [0.3, 0.4) is 0 Å². The lowest BCUT2D eigenvalue weighted by atomic mass is 9.86. The number of rotatable bonds is 9. The summed E-state index contributed by atoms with van der Waals surface area (Å²) < 4.78 is 50.5. The summed E-state index contributed by atoms with van der Waals surface area (Å²) in [5, 5.41) is 17.0. The Morgan fingerprint density at radius 3 is 2.62 bits per heavy atom. The number of amides is 1. The second-order valence-electron chi connectivity index (χ2n) is 9.76. The minimum absolute atomic E-state index is 0.00292. The predicted molar refractivity (Wildman–Crippen MR) is 148 cm³/mol. The van der Waals surface area contributed by atoms with Crippen molar-refractivity contribution in [2.45, 2.75) is 31.2 Å². The third kappa shape index (κ3) is 5.63. The van der Waals surface area contributed by atoms with Gasteiger partial charge in [0.15, 0.2) is 0 Å². The van der Waals surface area contributed by atoms with E-state index in [-0.39, 0.29) is 29.4 Å². The van der Waals surface area contributed by atoms with Crippen LogP contribution in [0.25, 0.3) is 0 Å². The summed E-state index contributed by atoms with van der Waals surface area (Å²) in [6.45, 7) is 4.46. The van der Waals surface area contributed by atoms with Gasteiger partial charge in [-0.15, -0.1) is 0 Å². The molecule has 0 saturated carbocycles. The first-order valence-electron chi connectivity index (χ1n) is 12.5. The molecule has 3 N–H and O–H groups in total. The minimum atomic E-state index is -4.09. The van der Waals surface area contributed by atoms with E-state index in [1.165, 1.54) is 38.6 Å². The first-order chi connectivity index (χ1) is 18.9. The van der Waals surface area contributed by atoms with Gasteiger partial charge in [-0.05, 0) is 43.8 Å². The van der Waals surface area contributed by atoms with Gasteiger partial charge in [0, 0.05) is 50.2 Å². The Morgan fingerprint density at radius 1 is 1.27 bits per heavy atom. The Labute approximate surface area is 232 Å². The quantitative estimate of drug-likeness (QED) is 0.354. The first-order valence-corrected chi connectivity index (χ1v) is 14.0. The van der Waals surface area contributed by atoms with Gasteiger partial charge in [0.1, 0.15) is 22.5 Å². The lowest BCUT2D eigenvalue weighted by molar-refractivity contribution is 0.102. The number of hydrogen-bond donors (Lipinski definition) is 3. The van der Waals surface area contributed by atoms with E-state index in [2.05, 4.69) is 20.7 Å². The fourth-order valence-electron chi connectivity index (χ4n) is 4.72. The number of pyridine rings is 1. The molecule has 2 aromatic heterocycles. The molecule has 1 aliphatic rings. The minimum Gasteiger partial charge on any atom is -0.495 e. The molecule has 3 heterocycles. The van der Waals surface area contributed by atoms with Gasteiger partial charge in [0.25, 0.3) is 5.91 Å².